The van der Waals surface area contributed by atoms with Crippen LogP contribution >= 0.6 is 11.3 Å². The molecule has 0 aromatic carbocycles. The predicted molar refractivity (Wildman–Crippen MR) is 48.9 cm³/mol. The number of hydrogen-bond donors (Lipinski definition) is 0. The van der Waals surface area contributed by atoms with Gasteiger partial charge in [0.15, 0.2) is 5.06 Å². The minimum absolute atomic E-state index is 0.162. The van der Waals surface area contributed by atoms with E-state index in [2.05, 4.69) is 6.58 Å². The molecule has 0 radical (unpaired) electrons. The molecule has 0 aliphatic carbocycles. The summed E-state index contributed by atoms with van der Waals surface area (Å²) in [6.45, 7) is 3.32. The van der Waals surface area contributed by atoms with Crippen molar-refractivity contribution in [1.29, 1.82) is 0 Å². The first-order chi connectivity index (χ1) is 5.64. The minimum atomic E-state index is -3.46. The van der Waals surface area contributed by atoms with Crippen molar-refractivity contribution in [2.45, 2.75) is 0 Å². The van der Waals surface area contributed by atoms with Crippen LogP contribution in [-0.2, 0) is 10.1 Å². The molecule has 0 atom stereocenters. The predicted octanol–water partition coefficient (Wildman–Crippen LogP) is 1.64. The maximum atomic E-state index is 11.0. The molecule has 1 heterocycles. The zero-order valence-corrected chi connectivity index (χ0v) is 7.90. The lowest BCUT2D eigenvalue weighted by Crippen LogP contribution is -2.11. The Balaban J connectivity index is 2.69. The molecule has 3 nitrogen and oxygen atoms in total. The van der Waals surface area contributed by atoms with Gasteiger partial charge >= 0.3 is 10.1 Å². The SMILES string of the molecule is C=CCS(=O)(=O)Oc1cccs1. The van der Waals surface area contributed by atoms with E-state index in [-0.39, 0.29) is 5.75 Å². The molecule has 5 heteroatoms. The second kappa shape index (κ2) is 3.73. The Kier molecular flexibility index (Phi) is 2.88. The Bertz CT molecular complexity index is 337. The second-order valence-corrected chi connectivity index (χ2v) is 4.55. The van der Waals surface area contributed by atoms with Crippen LogP contribution in [-0.4, -0.2) is 14.2 Å². The highest BCUT2D eigenvalue weighted by atomic mass is 32.2. The molecule has 0 spiro atoms. The summed E-state index contributed by atoms with van der Waals surface area (Å²) in [5.41, 5.74) is 0. The smallest absolute Gasteiger partial charge is 0.313 e. The van der Waals surface area contributed by atoms with Crippen LogP contribution in [0.4, 0.5) is 0 Å². The van der Waals surface area contributed by atoms with Crippen molar-refractivity contribution in [3.63, 3.8) is 0 Å². The van der Waals surface area contributed by atoms with Crippen LogP contribution in [0.1, 0.15) is 0 Å². The highest BCUT2D eigenvalue weighted by Crippen LogP contribution is 2.20. The normalized spacial score (nSPS) is 11.0. The summed E-state index contributed by atoms with van der Waals surface area (Å²) in [5, 5.41) is 2.13. The Morgan fingerprint density at radius 1 is 1.67 bits per heavy atom. The summed E-state index contributed by atoms with van der Waals surface area (Å²) < 4.78 is 26.7. The second-order valence-electron chi connectivity index (χ2n) is 2.03. The van der Waals surface area contributed by atoms with Crippen molar-refractivity contribution < 1.29 is 12.6 Å². The zero-order valence-electron chi connectivity index (χ0n) is 6.26. The topological polar surface area (TPSA) is 43.4 Å². The largest absolute Gasteiger partial charge is 0.371 e. The molecule has 0 aliphatic heterocycles. The van der Waals surface area contributed by atoms with Gasteiger partial charge in [0.25, 0.3) is 0 Å². The summed E-state index contributed by atoms with van der Waals surface area (Å²) in [6, 6.07) is 3.33. The lowest BCUT2D eigenvalue weighted by molar-refractivity contribution is 0.496. The van der Waals surface area contributed by atoms with Gasteiger partial charge in [-0.2, -0.15) is 8.42 Å². The van der Waals surface area contributed by atoms with E-state index < -0.39 is 10.1 Å². The van der Waals surface area contributed by atoms with Gasteiger partial charge in [-0.1, -0.05) is 6.08 Å². The summed E-state index contributed by atoms with van der Waals surface area (Å²) in [7, 11) is -3.46. The first-order valence-corrected chi connectivity index (χ1v) is 5.66. The van der Waals surface area contributed by atoms with E-state index in [0.717, 1.165) is 0 Å². The molecule has 0 amide bonds. The van der Waals surface area contributed by atoms with Gasteiger partial charge in [0.1, 0.15) is 5.75 Å². The van der Waals surface area contributed by atoms with Crippen LogP contribution in [0.2, 0.25) is 0 Å². The van der Waals surface area contributed by atoms with Crippen LogP contribution < -0.4 is 4.18 Å². The molecule has 12 heavy (non-hydrogen) atoms. The third-order valence-corrected chi connectivity index (χ3v) is 2.95. The molecule has 1 aromatic rings. The molecule has 0 unspecified atom stereocenters. The molecule has 0 saturated heterocycles. The van der Waals surface area contributed by atoms with Gasteiger partial charge < -0.3 is 4.18 Å². The summed E-state index contributed by atoms with van der Waals surface area (Å²) in [4.78, 5) is 0. The molecule has 0 N–H and O–H groups in total. The van der Waals surface area contributed by atoms with E-state index in [1.165, 1.54) is 17.4 Å². The lowest BCUT2D eigenvalue weighted by atomic mass is 10.7. The fourth-order valence-electron chi connectivity index (χ4n) is 0.614. The third-order valence-electron chi connectivity index (χ3n) is 1.03. The number of hydrogen-bond acceptors (Lipinski definition) is 4. The van der Waals surface area contributed by atoms with Gasteiger partial charge in [-0.3, -0.25) is 0 Å². The molecule has 0 bridgehead atoms. The van der Waals surface area contributed by atoms with E-state index in [4.69, 9.17) is 4.18 Å². The van der Waals surface area contributed by atoms with Gasteiger partial charge in [-0.25, -0.2) is 0 Å². The molecular formula is C7H8O3S2. The Morgan fingerprint density at radius 3 is 2.92 bits per heavy atom. The molecule has 0 saturated carbocycles. The van der Waals surface area contributed by atoms with E-state index in [0.29, 0.717) is 5.06 Å². The van der Waals surface area contributed by atoms with Gasteiger partial charge in [0.2, 0.25) is 0 Å². The van der Waals surface area contributed by atoms with Crippen LogP contribution in [0.5, 0.6) is 5.06 Å². The quantitative estimate of drug-likeness (QED) is 0.553. The Hall–Kier alpha value is -0.810. The van der Waals surface area contributed by atoms with E-state index >= 15 is 0 Å². The highest BCUT2D eigenvalue weighted by Gasteiger charge is 2.09. The standard InChI is InChI=1S/C7H8O3S2/c1-2-6-12(8,9)10-7-4-3-5-11-7/h2-5H,1,6H2. The van der Waals surface area contributed by atoms with Crippen molar-refractivity contribution in [3.8, 4) is 5.06 Å². The Morgan fingerprint density at radius 2 is 2.42 bits per heavy atom. The van der Waals surface area contributed by atoms with Gasteiger partial charge in [-0.05, 0) is 17.5 Å². The number of rotatable bonds is 4. The minimum Gasteiger partial charge on any atom is -0.371 e. The average molecular weight is 204 g/mol. The van der Waals surface area contributed by atoms with E-state index in [1.54, 1.807) is 17.5 Å². The average Bonchev–Trinajstić information content (AvgIpc) is 2.38. The number of thiophene rings is 1. The van der Waals surface area contributed by atoms with Crippen molar-refractivity contribution in [3.05, 3.63) is 30.2 Å². The molecule has 0 aliphatic rings. The third kappa shape index (κ3) is 2.67. The van der Waals surface area contributed by atoms with Crippen molar-refractivity contribution in [1.82, 2.24) is 0 Å². The van der Waals surface area contributed by atoms with Crippen LogP contribution in [0.3, 0.4) is 0 Å². The van der Waals surface area contributed by atoms with Crippen LogP contribution in [0.15, 0.2) is 30.2 Å². The molecule has 66 valence electrons. The van der Waals surface area contributed by atoms with Gasteiger partial charge in [0, 0.05) is 0 Å². The first-order valence-electron chi connectivity index (χ1n) is 3.20. The van der Waals surface area contributed by atoms with E-state index in [9.17, 15) is 8.42 Å². The molecule has 1 rings (SSSR count). The zero-order chi connectivity index (χ0) is 9.03. The maximum Gasteiger partial charge on any atom is 0.313 e. The highest BCUT2D eigenvalue weighted by molar-refractivity contribution is 7.87. The summed E-state index contributed by atoms with van der Waals surface area (Å²) in [5.74, 6) is -0.162. The molecular weight excluding hydrogens is 196 g/mol. The fraction of sp³-hybridized carbons (Fsp3) is 0.143. The molecule has 1 aromatic heterocycles. The Labute approximate surface area is 75.4 Å². The van der Waals surface area contributed by atoms with Gasteiger partial charge in [-0.15, -0.1) is 17.9 Å². The molecule has 0 fully saturated rings. The monoisotopic (exact) mass is 204 g/mol. The summed E-state index contributed by atoms with van der Waals surface area (Å²) >= 11 is 1.24. The van der Waals surface area contributed by atoms with Crippen molar-refractivity contribution in [2.75, 3.05) is 5.75 Å². The summed E-state index contributed by atoms with van der Waals surface area (Å²) in [6.07, 6.45) is 1.29. The maximum absolute atomic E-state index is 11.0. The first kappa shape index (κ1) is 9.28. The van der Waals surface area contributed by atoms with Crippen molar-refractivity contribution >= 4 is 21.5 Å². The van der Waals surface area contributed by atoms with Crippen LogP contribution in [0.25, 0.3) is 0 Å². The van der Waals surface area contributed by atoms with Crippen molar-refractivity contribution in [2.24, 2.45) is 0 Å². The van der Waals surface area contributed by atoms with Gasteiger partial charge in [0.05, 0.1) is 0 Å². The van der Waals surface area contributed by atoms with Crippen LogP contribution in [0, 0.1) is 0 Å². The lowest BCUT2D eigenvalue weighted by Gasteiger charge is -2.00. The fourth-order valence-corrected chi connectivity index (χ4v) is 2.19. The van der Waals surface area contributed by atoms with E-state index in [1.807, 2.05) is 0 Å².